The number of hydrogen-bond donors (Lipinski definition) is 1. The number of carbonyl (C=O) groups is 2. The standard InChI is InChI=1S/C19H19Cl2NO6/c1-25-15-8-17(27-3)16(26-2)7-13(15)19(24)28-10-18(23)22-9-11-4-5-12(20)6-14(11)21/h4-8H,9-10H2,1-3H3,(H,22,23). The van der Waals surface area contributed by atoms with Gasteiger partial charge < -0.3 is 24.3 Å². The Hall–Kier alpha value is -2.64. The molecule has 2 rings (SSSR count). The van der Waals surface area contributed by atoms with E-state index >= 15 is 0 Å². The highest BCUT2D eigenvalue weighted by Crippen LogP contribution is 2.34. The third-order valence-electron chi connectivity index (χ3n) is 3.75. The normalized spacial score (nSPS) is 10.2. The molecule has 0 aliphatic heterocycles. The molecule has 9 heteroatoms. The van der Waals surface area contributed by atoms with Crippen LogP contribution in [-0.2, 0) is 16.1 Å². The summed E-state index contributed by atoms with van der Waals surface area (Å²) in [5.74, 6) is -0.266. The maximum Gasteiger partial charge on any atom is 0.342 e. The van der Waals surface area contributed by atoms with Crippen LogP contribution in [0, 0.1) is 0 Å². The Morgan fingerprint density at radius 3 is 2.18 bits per heavy atom. The Morgan fingerprint density at radius 1 is 0.929 bits per heavy atom. The van der Waals surface area contributed by atoms with E-state index in [4.69, 9.17) is 42.1 Å². The summed E-state index contributed by atoms with van der Waals surface area (Å²) >= 11 is 11.9. The van der Waals surface area contributed by atoms with E-state index in [1.807, 2.05) is 0 Å². The molecule has 28 heavy (non-hydrogen) atoms. The summed E-state index contributed by atoms with van der Waals surface area (Å²) in [6.45, 7) is -0.298. The van der Waals surface area contributed by atoms with Gasteiger partial charge in [-0.1, -0.05) is 29.3 Å². The van der Waals surface area contributed by atoms with Crippen LogP contribution in [0.25, 0.3) is 0 Å². The number of esters is 1. The smallest absolute Gasteiger partial charge is 0.342 e. The van der Waals surface area contributed by atoms with E-state index in [9.17, 15) is 9.59 Å². The summed E-state index contributed by atoms with van der Waals surface area (Å²) in [6, 6.07) is 7.86. The first-order valence-electron chi connectivity index (χ1n) is 8.07. The molecule has 7 nitrogen and oxygen atoms in total. The number of rotatable bonds is 8. The highest BCUT2D eigenvalue weighted by atomic mass is 35.5. The minimum absolute atomic E-state index is 0.105. The molecule has 0 fully saturated rings. The first-order chi connectivity index (χ1) is 13.4. The van der Waals surface area contributed by atoms with Gasteiger partial charge in [-0.3, -0.25) is 4.79 Å². The highest BCUT2D eigenvalue weighted by molar-refractivity contribution is 6.35. The quantitative estimate of drug-likeness (QED) is 0.649. The minimum Gasteiger partial charge on any atom is -0.496 e. The Bertz CT molecular complexity index is 872. The van der Waals surface area contributed by atoms with Crippen molar-refractivity contribution in [3.8, 4) is 17.2 Å². The molecule has 0 aliphatic rings. The van der Waals surface area contributed by atoms with Crippen LogP contribution in [0.2, 0.25) is 10.0 Å². The third-order valence-corrected chi connectivity index (χ3v) is 4.34. The third kappa shape index (κ3) is 5.43. The molecule has 0 saturated carbocycles. The molecule has 0 aliphatic carbocycles. The van der Waals surface area contributed by atoms with Crippen LogP contribution in [0.5, 0.6) is 17.2 Å². The van der Waals surface area contributed by atoms with Gasteiger partial charge in [-0.2, -0.15) is 0 Å². The zero-order valence-electron chi connectivity index (χ0n) is 15.5. The number of halogens is 2. The monoisotopic (exact) mass is 427 g/mol. The van der Waals surface area contributed by atoms with Crippen molar-refractivity contribution in [3.05, 3.63) is 51.5 Å². The molecule has 0 bridgehead atoms. The van der Waals surface area contributed by atoms with Crippen LogP contribution < -0.4 is 19.5 Å². The molecular formula is C19H19Cl2NO6. The number of hydrogen-bond acceptors (Lipinski definition) is 6. The average Bonchev–Trinajstić information content (AvgIpc) is 2.70. The molecule has 0 radical (unpaired) electrons. The fourth-order valence-electron chi connectivity index (χ4n) is 2.31. The van der Waals surface area contributed by atoms with Crippen molar-refractivity contribution in [2.75, 3.05) is 27.9 Å². The lowest BCUT2D eigenvalue weighted by Gasteiger charge is -2.13. The number of ether oxygens (including phenoxy) is 4. The van der Waals surface area contributed by atoms with E-state index in [1.54, 1.807) is 18.2 Å². The van der Waals surface area contributed by atoms with Gasteiger partial charge in [0.1, 0.15) is 11.3 Å². The Kier molecular flexibility index (Phi) is 7.78. The van der Waals surface area contributed by atoms with Crippen molar-refractivity contribution in [3.63, 3.8) is 0 Å². The molecule has 150 valence electrons. The molecule has 2 aromatic carbocycles. The minimum atomic E-state index is -0.738. The van der Waals surface area contributed by atoms with Gasteiger partial charge in [-0.15, -0.1) is 0 Å². The van der Waals surface area contributed by atoms with Crippen molar-refractivity contribution in [1.82, 2.24) is 5.32 Å². The van der Waals surface area contributed by atoms with Crippen LogP contribution >= 0.6 is 23.2 Å². The summed E-state index contributed by atoms with van der Waals surface area (Å²) in [6.07, 6.45) is 0. The first kappa shape index (κ1) is 21.7. The largest absolute Gasteiger partial charge is 0.496 e. The zero-order valence-corrected chi connectivity index (χ0v) is 17.0. The maximum absolute atomic E-state index is 12.3. The molecule has 0 aromatic heterocycles. The molecule has 1 N–H and O–H groups in total. The number of benzene rings is 2. The summed E-state index contributed by atoms with van der Waals surface area (Å²) in [5, 5.41) is 3.54. The van der Waals surface area contributed by atoms with Crippen LogP contribution in [0.1, 0.15) is 15.9 Å². The highest BCUT2D eigenvalue weighted by Gasteiger charge is 2.20. The summed E-state index contributed by atoms with van der Waals surface area (Å²) in [4.78, 5) is 24.3. The molecular weight excluding hydrogens is 409 g/mol. The Labute approximate surface area is 172 Å². The number of methoxy groups -OCH3 is 3. The topological polar surface area (TPSA) is 83.1 Å². The van der Waals surface area contributed by atoms with Crippen LogP contribution in [0.4, 0.5) is 0 Å². The summed E-state index contributed by atoms with van der Waals surface area (Å²) in [5.41, 5.74) is 0.793. The van der Waals surface area contributed by atoms with E-state index in [-0.39, 0.29) is 17.9 Å². The second-order valence-electron chi connectivity index (χ2n) is 5.50. The van der Waals surface area contributed by atoms with Gasteiger partial charge >= 0.3 is 5.97 Å². The summed E-state index contributed by atoms with van der Waals surface area (Å²) in [7, 11) is 4.31. The first-order valence-corrected chi connectivity index (χ1v) is 8.83. The van der Waals surface area contributed by atoms with Crippen molar-refractivity contribution < 1.29 is 28.5 Å². The molecule has 0 atom stereocenters. The van der Waals surface area contributed by atoms with Crippen molar-refractivity contribution in [2.24, 2.45) is 0 Å². The molecule has 2 aromatic rings. The molecule has 0 spiro atoms. The molecule has 1 amide bonds. The predicted octanol–water partition coefficient (Wildman–Crippen LogP) is 3.49. The Balaban J connectivity index is 1.98. The molecule has 0 heterocycles. The predicted molar refractivity (Wildman–Crippen MR) is 105 cm³/mol. The zero-order chi connectivity index (χ0) is 20.7. The number of carbonyl (C=O) groups excluding carboxylic acids is 2. The number of nitrogens with one attached hydrogen (secondary N) is 1. The van der Waals surface area contributed by atoms with Gasteiger partial charge in [0.25, 0.3) is 5.91 Å². The van der Waals surface area contributed by atoms with E-state index in [0.29, 0.717) is 27.1 Å². The molecule has 0 unspecified atom stereocenters. The van der Waals surface area contributed by atoms with Gasteiger partial charge in [0.15, 0.2) is 18.1 Å². The van der Waals surface area contributed by atoms with Crippen LogP contribution in [0.15, 0.2) is 30.3 Å². The molecule has 0 saturated heterocycles. The fourth-order valence-corrected chi connectivity index (χ4v) is 2.78. The van der Waals surface area contributed by atoms with E-state index < -0.39 is 18.5 Å². The van der Waals surface area contributed by atoms with Crippen molar-refractivity contribution in [2.45, 2.75) is 6.54 Å². The van der Waals surface area contributed by atoms with Crippen LogP contribution in [-0.4, -0.2) is 39.8 Å². The van der Waals surface area contributed by atoms with Crippen LogP contribution in [0.3, 0.4) is 0 Å². The van der Waals surface area contributed by atoms with Crippen molar-refractivity contribution >= 4 is 35.1 Å². The lowest BCUT2D eigenvalue weighted by molar-refractivity contribution is -0.124. The van der Waals surface area contributed by atoms with Gasteiger partial charge in [0.2, 0.25) is 0 Å². The van der Waals surface area contributed by atoms with Crippen molar-refractivity contribution in [1.29, 1.82) is 0 Å². The lowest BCUT2D eigenvalue weighted by Crippen LogP contribution is -2.28. The maximum atomic E-state index is 12.3. The second kappa shape index (κ2) is 10.1. The van der Waals surface area contributed by atoms with Gasteiger partial charge in [0.05, 0.1) is 21.3 Å². The second-order valence-corrected chi connectivity index (χ2v) is 6.34. The van der Waals surface area contributed by atoms with E-state index in [0.717, 1.165) is 0 Å². The van der Waals surface area contributed by atoms with Gasteiger partial charge in [-0.25, -0.2) is 4.79 Å². The summed E-state index contributed by atoms with van der Waals surface area (Å²) < 4.78 is 20.6. The lowest BCUT2D eigenvalue weighted by atomic mass is 10.1. The average molecular weight is 428 g/mol. The van der Waals surface area contributed by atoms with Gasteiger partial charge in [-0.05, 0) is 17.7 Å². The fraction of sp³-hybridized carbons (Fsp3) is 0.263. The van der Waals surface area contributed by atoms with E-state index in [2.05, 4.69) is 5.32 Å². The SMILES string of the molecule is COc1cc(OC)c(C(=O)OCC(=O)NCc2ccc(Cl)cc2Cl)cc1OC. The van der Waals surface area contributed by atoms with E-state index in [1.165, 1.54) is 33.5 Å². The van der Waals surface area contributed by atoms with Gasteiger partial charge in [0, 0.05) is 28.7 Å². The number of amides is 1. The Morgan fingerprint density at radius 2 is 1.57 bits per heavy atom.